The molecule has 0 unspecified atom stereocenters. The van der Waals surface area contributed by atoms with Gasteiger partial charge in [-0.15, -0.1) is 0 Å². The smallest absolute Gasteiger partial charge is 0.274 e. The summed E-state index contributed by atoms with van der Waals surface area (Å²) in [6.07, 6.45) is 5.19. The first kappa shape index (κ1) is 20.3. The number of anilines is 1. The van der Waals surface area contributed by atoms with Gasteiger partial charge >= 0.3 is 0 Å². The number of aromatic nitrogens is 3. The van der Waals surface area contributed by atoms with Crippen LogP contribution in [0.25, 0.3) is 22.2 Å². The number of benzene rings is 2. The minimum absolute atomic E-state index is 0.284. The van der Waals surface area contributed by atoms with Gasteiger partial charge in [-0.1, -0.05) is 18.2 Å². The van der Waals surface area contributed by atoms with Gasteiger partial charge in [-0.2, -0.15) is 0 Å². The van der Waals surface area contributed by atoms with Crippen LogP contribution in [0.1, 0.15) is 10.5 Å². The molecule has 0 aliphatic rings. The highest BCUT2D eigenvalue weighted by molar-refractivity contribution is 6.03. The van der Waals surface area contributed by atoms with Gasteiger partial charge in [-0.05, 0) is 60.2 Å². The molecule has 0 bridgehead atoms. The van der Waals surface area contributed by atoms with E-state index in [1.165, 1.54) is 0 Å². The summed E-state index contributed by atoms with van der Waals surface area (Å²) in [7, 11) is 1.63. The van der Waals surface area contributed by atoms with Crippen LogP contribution < -0.4 is 14.8 Å². The van der Waals surface area contributed by atoms with Crippen LogP contribution in [0.5, 0.6) is 17.2 Å². The number of aromatic amines is 1. The Morgan fingerprint density at radius 3 is 2.33 bits per heavy atom. The average molecular weight is 436 g/mol. The Kier molecular flexibility index (Phi) is 5.43. The zero-order valence-electron chi connectivity index (χ0n) is 17.8. The molecule has 3 heterocycles. The predicted molar refractivity (Wildman–Crippen MR) is 127 cm³/mol. The number of amides is 1. The summed E-state index contributed by atoms with van der Waals surface area (Å²) in [6, 6.07) is 22.2. The molecule has 0 atom stereocenters. The van der Waals surface area contributed by atoms with E-state index in [4.69, 9.17) is 9.47 Å². The number of pyridine rings is 2. The van der Waals surface area contributed by atoms with E-state index in [0.717, 1.165) is 27.9 Å². The maximum atomic E-state index is 12.6. The number of fused-ring (bicyclic) bond motifs is 1. The third-order valence-corrected chi connectivity index (χ3v) is 5.18. The number of H-pyrrole nitrogens is 1. The lowest BCUT2D eigenvalue weighted by Crippen LogP contribution is -2.13. The number of hydrogen-bond donors (Lipinski definition) is 2. The highest BCUT2D eigenvalue weighted by Gasteiger charge is 2.10. The Hall–Kier alpha value is -4.65. The van der Waals surface area contributed by atoms with Crippen molar-refractivity contribution in [1.29, 1.82) is 0 Å². The van der Waals surface area contributed by atoms with Crippen LogP contribution in [0.2, 0.25) is 0 Å². The molecule has 0 spiro atoms. The number of rotatable bonds is 6. The quantitative estimate of drug-likeness (QED) is 0.358. The molecule has 0 aliphatic heterocycles. The third kappa shape index (κ3) is 4.38. The maximum Gasteiger partial charge on any atom is 0.274 e. The second-order valence-electron chi connectivity index (χ2n) is 7.29. The molecule has 33 heavy (non-hydrogen) atoms. The SMILES string of the molecule is COc1ccc(-c2ccc(C(=O)Nc3ccc(Oc4ccnc5[nH]ccc45)cc3)nc2)cc1. The summed E-state index contributed by atoms with van der Waals surface area (Å²) in [5, 5.41) is 3.76. The second kappa shape index (κ2) is 8.84. The number of methoxy groups -OCH3 is 1. The summed E-state index contributed by atoms with van der Waals surface area (Å²) in [5.74, 6) is 1.87. The van der Waals surface area contributed by atoms with Crippen molar-refractivity contribution >= 4 is 22.6 Å². The lowest BCUT2D eigenvalue weighted by Gasteiger charge is -2.09. The van der Waals surface area contributed by atoms with E-state index >= 15 is 0 Å². The monoisotopic (exact) mass is 436 g/mol. The minimum atomic E-state index is -0.284. The molecule has 3 aromatic heterocycles. The van der Waals surface area contributed by atoms with E-state index in [1.807, 2.05) is 48.7 Å². The largest absolute Gasteiger partial charge is 0.497 e. The normalized spacial score (nSPS) is 10.7. The number of carbonyl (C=O) groups is 1. The van der Waals surface area contributed by atoms with Crippen molar-refractivity contribution < 1.29 is 14.3 Å². The maximum absolute atomic E-state index is 12.6. The van der Waals surface area contributed by atoms with E-state index < -0.39 is 0 Å². The van der Waals surface area contributed by atoms with Crippen molar-refractivity contribution in [2.24, 2.45) is 0 Å². The standard InChI is InChI=1S/C26H20N4O3/c1-32-20-7-2-17(3-8-20)18-4-11-23(29-16-18)26(31)30-19-5-9-21(10-6-19)33-24-13-15-28-25-22(24)12-14-27-25/h2-16H,1H3,(H,27,28)(H,30,31). The molecular weight excluding hydrogens is 416 g/mol. The Bertz CT molecular complexity index is 1390. The Morgan fingerprint density at radius 1 is 0.848 bits per heavy atom. The lowest BCUT2D eigenvalue weighted by molar-refractivity contribution is 0.102. The molecule has 162 valence electrons. The van der Waals surface area contributed by atoms with Gasteiger partial charge in [0.1, 0.15) is 28.6 Å². The first-order valence-corrected chi connectivity index (χ1v) is 10.3. The van der Waals surface area contributed by atoms with Crippen LogP contribution >= 0.6 is 0 Å². The van der Waals surface area contributed by atoms with Crippen LogP contribution in [0.15, 0.2) is 91.4 Å². The Labute approximate surface area is 190 Å². The third-order valence-electron chi connectivity index (χ3n) is 5.18. The zero-order valence-corrected chi connectivity index (χ0v) is 17.8. The van der Waals surface area contributed by atoms with E-state index in [9.17, 15) is 4.79 Å². The van der Waals surface area contributed by atoms with Crippen LogP contribution in [-0.2, 0) is 0 Å². The summed E-state index contributed by atoms with van der Waals surface area (Å²) in [6.45, 7) is 0. The second-order valence-corrected chi connectivity index (χ2v) is 7.29. The first-order valence-electron chi connectivity index (χ1n) is 10.3. The number of carbonyl (C=O) groups excluding carboxylic acids is 1. The molecule has 2 aromatic carbocycles. The molecule has 0 fully saturated rings. The molecular formula is C26H20N4O3. The fraction of sp³-hybridized carbons (Fsp3) is 0.0385. The molecule has 0 radical (unpaired) electrons. The van der Waals surface area contributed by atoms with E-state index in [1.54, 1.807) is 49.8 Å². The number of ether oxygens (including phenoxy) is 2. The topological polar surface area (TPSA) is 89.1 Å². The molecule has 5 rings (SSSR count). The fourth-order valence-corrected chi connectivity index (χ4v) is 3.44. The van der Waals surface area contributed by atoms with Gasteiger partial charge in [-0.25, -0.2) is 4.98 Å². The van der Waals surface area contributed by atoms with Crippen molar-refractivity contribution in [3.63, 3.8) is 0 Å². The van der Waals surface area contributed by atoms with Gasteiger partial charge in [0.25, 0.3) is 5.91 Å². The Balaban J connectivity index is 1.24. The minimum Gasteiger partial charge on any atom is -0.497 e. The molecule has 7 heteroatoms. The van der Waals surface area contributed by atoms with Crippen LogP contribution in [-0.4, -0.2) is 28.0 Å². The number of nitrogens with zero attached hydrogens (tertiary/aromatic N) is 2. The van der Waals surface area contributed by atoms with Crippen LogP contribution in [0.3, 0.4) is 0 Å². The number of nitrogens with one attached hydrogen (secondary N) is 2. The number of hydrogen-bond acceptors (Lipinski definition) is 5. The fourth-order valence-electron chi connectivity index (χ4n) is 3.44. The van der Waals surface area contributed by atoms with Gasteiger partial charge < -0.3 is 19.8 Å². The molecule has 7 nitrogen and oxygen atoms in total. The van der Waals surface area contributed by atoms with Crippen molar-refractivity contribution in [3.05, 3.63) is 97.1 Å². The zero-order chi connectivity index (χ0) is 22.6. The van der Waals surface area contributed by atoms with Crippen LogP contribution in [0, 0.1) is 0 Å². The highest BCUT2D eigenvalue weighted by Crippen LogP contribution is 2.29. The van der Waals surface area contributed by atoms with Crippen molar-refractivity contribution in [2.45, 2.75) is 0 Å². The molecule has 5 aromatic rings. The first-order chi connectivity index (χ1) is 16.2. The predicted octanol–water partition coefficient (Wildman–Crippen LogP) is 5.68. The van der Waals surface area contributed by atoms with Gasteiger partial charge in [0.15, 0.2) is 0 Å². The molecule has 2 N–H and O–H groups in total. The molecule has 0 saturated heterocycles. The summed E-state index contributed by atoms with van der Waals surface area (Å²) in [4.78, 5) is 24.2. The van der Waals surface area contributed by atoms with Gasteiger partial charge in [-0.3, -0.25) is 9.78 Å². The Morgan fingerprint density at radius 2 is 1.61 bits per heavy atom. The van der Waals surface area contributed by atoms with E-state index in [-0.39, 0.29) is 5.91 Å². The van der Waals surface area contributed by atoms with Crippen molar-refractivity contribution in [1.82, 2.24) is 15.0 Å². The lowest BCUT2D eigenvalue weighted by atomic mass is 10.1. The molecule has 0 saturated carbocycles. The van der Waals surface area contributed by atoms with E-state index in [0.29, 0.717) is 22.9 Å². The van der Waals surface area contributed by atoms with Crippen molar-refractivity contribution in [2.75, 3.05) is 12.4 Å². The van der Waals surface area contributed by atoms with Gasteiger partial charge in [0, 0.05) is 29.8 Å². The molecule has 0 aliphatic carbocycles. The van der Waals surface area contributed by atoms with Crippen LogP contribution in [0.4, 0.5) is 5.69 Å². The summed E-state index contributed by atoms with van der Waals surface area (Å²) < 4.78 is 11.2. The highest BCUT2D eigenvalue weighted by atomic mass is 16.5. The summed E-state index contributed by atoms with van der Waals surface area (Å²) in [5.41, 5.74) is 3.66. The van der Waals surface area contributed by atoms with E-state index in [2.05, 4.69) is 20.3 Å². The van der Waals surface area contributed by atoms with Crippen molar-refractivity contribution in [3.8, 4) is 28.4 Å². The molecule has 1 amide bonds. The van der Waals surface area contributed by atoms with Gasteiger partial charge in [0.2, 0.25) is 0 Å². The van der Waals surface area contributed by atoms with Gasteiger partial charge in [0.05, 0.1) is 12.5 Å². The summed E-state index contributed by atoms with van der Waals surface area (Å²) >= 11 is 0. The average Bonchev–Trinajstić information content (AvgIpc) is 3.35.